The molecule has 23 heavy (non-hydrogen) atoms. The lowest BCUT2D eigenvalue weighted by molar-refractivity contribution is -0.0222. The van der Waals surface area contributed by atoms with Crippen LogP contribution in [0, 0.1) is 0 Å². The van der Waals surface area contributed by atoms with Crippen LogP contribution in [0.15, 0.2) is 61.2 Å². The van der Waals surface area contributed by atoms with Crippen LogP contribution in [0.25, 0.3) is 0 Å². The Balaban J connectivity index is 1.65. The van der Waals surface area contributed by atoms with Gasteiger partial charge in [-0.15, -0.1) is 0 Å². The molecule has 4 nitrogen and oxygen atoms in total. The number of hydrogen-bond acceptors (Lipinski definition) is 4. The van der Waals surface area contributed by atoms with E-state index in [0.29, 0.717) is 25.4 Å². The van der Waals surface area contributed by atoms with Crippen LogP contribution in [-0.2, 0) is 0 Å². The first-order valence-electron chi connectivity index (χ1n) is 7.68. The van der Waals surface area contributed by atoms with E-state index in [1.807, 2.05) is 48.5 Å². The Morgan fingerprint density at radius 1 is 1.09 bits per heavy atom. The van der Waals surface area contributed by atoms with E-state index in [-0.39, 0.29) is 5.92 Å². The maximum absolute atomic E-state index is 10.1. The number of aliphatic hydroxyl groups excluding tert-OH is 1. The van der Waals surface area contributed by atoms with Crippen molar-refractivity contribution in [1.29, 1.82) is 0 Å². The van der Waals surface area contributed by atoms with Gasteiger partial charge in [0.05, 0.1) is 12.5 Å². The normalized spacial score (nSPS) is 18.8. The van der Waals surface area contributed by atoms with Crippen molar-refractivity contribution in [2.24, 2.45) is 0 Å². The largest absolute Gasteiger partial charge is 0.494 e. The van der Waals surface area contributed by atoms with Crippen molar-refractivity contribution >= 4 is 0 Å². The number of para-hydroxylation sites is 1. The fourth-order valence-corrected chi connectivity index (χ4v) is 2.65. The zero-order valence-corrected chi connectivity index (χ0v) is 12.9. The van der Waals surface area contributed by atoms with Gasteiger partial charge in [0.1, 0.15) is 23.9 Å². The lowest BCUT2D eigenvalue weighted by atomic mass is 9.97. The van der Waals surface area contributed by atoms with E-state index < -0.39 is 6.29 Å². The van der Waals surface area contributed by atoms with E-state index >= 15 is 0 Å². The summed E-state index contributed by atoms with van der Waals surface area (Å²) in [5, 5.41) is 10.1. The lowest BCUT2D eigenvalue weighted by Gasteiger charge is -2.14. The minimum absolute atomic E-state index is 0.124. The molecular weight excluding hydrogens is 292 g/mol. The van der Waals surface area contributed by atoms with Gasteiger partial charge < -0.3 is 19.3 Å². The Morgan fingerprint density at radius 2 is 1.91 bits per heavy atom. The quantitative estimate of drug-likeness (QED) is 0.795. The summed E-state index contributed by atoms with van der Waals surface area (Å²) in [6.45, 7) is 4.59. The molecule has 2 unspecified atom stereocenters. The van der Waals surface area contributed by atoms with E-state index in [4.69, 9.17) is 14.2 Å². The van der Waals surface area contributed by atoms with Gasteiger partial charge in [0.25, 0.3) is 0 Å². The minimum Gasteiger partial charge on any atom is -0.494 e. The Hall–Kier alpha value is -2.46. The monoisotopic (exact) mass is 312 g/mol. The predicted octanol–water partition coefficient (Wildman–Crippen LogP) is 3.51. The Bertz CT molecular complexity index is 654. The third-order valence-electron chi connectivity index (χ3n) is 3.78. The van der Waals surface area contributed by atoms with E-state index in [2.05, 4.69) is 6.58 Å². The molecule has 0 saturated carbocycles. The van der Waals surface area contributed by atoms with Gasteiger partial charge >= 0.3 is 0 Å². The number of fused-ring (bicyclic) bond motifs is 1. The van der Waals surface area contributed by atoms with Gasteiger partial charge in [0, 0.05) is 5.56 Å². The van der Waals surface area contributed by atoms with Crippen LogP contribution in [0.4, 0.5) is 0 Å². The predicted molar refractivity (Wildman–Crippen MR) is 88.1 cm³/mol. The molecule has 0 spiro atoms. The summed E-state index contributed by atoms with van der Waals surface area (Å²) < 4.78 is 16.8. The number of benzene rings is 2. The molecule has 3 rings (SSSR count). The molecule has 0 amide bonds. The summed E-state index contributed by atoms with van der Waals surface area (Å²) in [6, 6.07) is 15.2. The second-order valence-corrected chi connectivity index (χ2v) is 5.36. The van der Waals surface area contributed by atoms with Crippen molar-refractivity contribution < 1.29 is 19.3 Å². The zero-order chi connectivity index (χ0) is 16.1. The molecule has 0 radical (unpaired) electrons. The molecule has 0 aromatic heterocycles. The van der Waals surface area contributed by atoms with Crippen molar-refractivity contribution in [3.8, 4) is 17.2 Å². The Kier molecular flexibility index (Phi) is 4.83. The maximum Gasteiger partial charge on any atom is 0.204 e. The molecule has 0 saturated heterocycles. The first kappa shape index (κ1) is 15.4. The molecule has 2 atom stereocenters. The van der Waals surface area contributed by atoms with Crippen LogP contribution in [0.5, 0.6) is 17.2 Å². The Morgan fingerprint density at radius 3 is 2.70 bits per heavy atom. The summed E-state index contributed by atoms with van der Waals surface area (Å²) in [5.74, 6) is 2.15. The Labute approximate surface area is 135 Å². The summed E-state index contributed by atoms with van der Waals surface area (Å²) in [5.41, 5.74) is 0.954. The van der Waals surface area contributed by atoms with E-state index in [1.165, 1.54) is 0 Å². The average Bonchev–Trinajstić information content (AvgIpc) is 2.89. The molecule has 2 aromatic carbocycles. The van der Waals surface area contributed by atoms with E-state index in [9.17, 15) is 5.11 Å². The summed E-state index contributed by atoms with van der Waals surface area (Å²) in [7, 11) is 0. The summed E-state index contributed by atoms with van der Waals surface area (Å²) >= 11 is 0. The molecule has 4 heteroatoms. The molecule has 1 heterocycles. The van der Waals surface area contributed by atoms with Gasteiger partial charge in [-0.3, -0.25) is 0 Å². The SMILES string of the molecule is C=CCOc1ccc2c(c1)C(CCOc1ccccc1)C(O)O2. The average molecular weight is 312 g/mol. The molecule has 2 aromatic rings. The van der Waals surface area contributed by atoms with Crippen molar-refractivity contribution in [2.75, 3.05) is 13.2 Å². The van der Waals surface area contributed by atoms with Crippen molar-refractivity contribution in [3.05, 3.63) is 66.7 Å². The molecule has 0 fully saturated rings. The zero-order valence-electron chi connectivity index (χ0n) is 12.9. The van der Waals surface area contributed by atoms with E-state index in [1.54, 1.807) is 6.08 Å². The second kappa shape index (κ2) is 7.20. The number of hydrogen-bond donors (Lipinski definition) is 1. The highest BCUT2D eigenvalue weighted by atomic mass is 16.6. The van der Waals surface area contributed by atoms with Crippen LogP contribution in [0.1, 0.15) is 17.9 Å². The third-order valence-corrected chi connectivity index (χ3v) is 3.78. The molecule has 1 aliphatic heterocycles. The highest BCUT2D eigenvalue weighted by Crippen LogP contribution is 2.41. The van der Waals surface area contributed by atoms with Gasteiger partial charge in [-0.1, -0.05) is 30.9 Å². The highest BCUT2D eigenvalue weighted by molar-refractivity contribution is 5.45. The van der Waals surface area contributed by atoms with Gasteiger partial charge in [-0.25, -0.2) is 0 Å². The summed E-state index contributed by atoms with van der Waals surface area (Å²) in [4.78, 5) is 0. The second-order valence-electron chi connectivity index (χ2n) is 5.36. The number of aliphatic hydroxyl groups is 1. The maximum atomic E-state index is 10.1. The topological polar surface area (TPSA) is 47.9 Å². The first-order valence-corrected chi connectivity index (χ1v) is 7.68. The molecule has 120 valence electrons. The van der Waals surface area contributed by atoms with Crippen LogP contribution >= 0.6 is 0 Å². The van der Waals surface area contributed by atoms with Crippen LogP contribution in [-0.4, -0.2) is 24.6 Å². The highest BCUT2D eigenvalue weighted by Gasteiger charge is 2.33. The molecule has 1 N–H and O–H groups in total. The fourth-order valence-electron chi connectivity index (χ4n) is 2.65. The fraction of sp³-hybridized carbons (Fsp3) is 0.263. The molecule has 1 aliphatic rings. The van der Waals surface area contributed by atoms with Crippen LogP contribution < -0.4 is 14.2 Å². The van der Waals surface area contributed by atoms with Crippen LogP contribution in [0.3, 0.4) is 0 Å². The lowest BCUT2D eigenvalue weighted by Crippen LogP contribution is -2.19. The van der Waals surface area contributed by atoms with Crippen molar-refractivity contribution in [3.63, 3.8) is 0 Å². The van der Waals surface area contributed by atoms with Gasteiger partial charge in [0.15, 0.2) is 0 Å². The molecular formula is C19H20O4. The standard InChI is InChI=1S/C19H20O4/c1-2-11-21-15-8-9-18-17(13-15)16(19(20)23-18)10-12-22-14-6-4-3-5-7-14/h2-9,13,16,19-20H,1,10-12H2. The molecule has 0 bridgehead atoms. The van der Waals surface area contributed by atoms with Gasteiger partial charge in [-0.2, -0.15) is 0 Å². The van der Waals surface area contributed by atoms with Crippen molar-refractivity contribution in [1.82, 2.24) is 0 Å². The minimum atomic E-state index is -0.848. The summed E-state index contributed by atoms with van der Waals surface area (Å²) in [6.07, 6.45) is 1.51. The number of ether oxygens (including phenoxy) is 3. The van der Waals surface area contributed by atoms with Crippen LogP contribution in [0.2, 0.25) is 0 Å². The molecule has 0 aliphatic carbocycles. The van der Waals surface area contributed by atoms with Gasteiger partial charge in [0.2, 0.25) is 6.29 Å². The van der Waals surface area contributed by atoms with Crippen molar-refractivity contribution in [2.45, 2.75) is 18.6 Å². The number of rotatable bonds is 7. The van der Waals surface area contributed by atoms with E-state index in [0.717, 1.165) is 17.1 Å². The first-order chi connectivity index (χ1) is 11.3. The van der Waals surface area contributed by atoms with Gasteiger partial charge in [-0.05, 0) is 36.8 Å². The third kappa shape index (κ3) is 3.66. The smallest absolute Gasteiger partial charge is 0.204 e.